The minimum Gasteiger partial charge on any atom is -0.492 e. The first-order valence-corrected chi connectivity index (χ1v) is 5.82. The van der Waals surface area contributed by atoms with Crippen molar-refractivity contribution in [1.82, 2.24) is 0 Å². The largest absolute Gasteiger partial charge is 0.492 e. The predicted octanol–water partition coefficient (Wildman–Crippen LogP) is 2.95. The van der Waals surface area contributed by atoms with E-state index in [-0.39, 0.29) is 0 Å². The van der Waals surface area contributed by atoms with Crippen LogP contribution in [0, 0.1) is 0 Å². The molecule has 1 aromatic rings. The molecule has 3 heteroatoms. The van der Waals surface area contributed by atoms with Crippen molar-refractivity contribution in [2.75, 3.05) is 13.2 Å². The highest BCUT2D eigenvalue weighted by molar-refractivity contribution is 6.32. The summed E-state index contributed by atoms with van der Waals surface area (Å²) in [5.41, 5.74) is 6.86. The topological polar surface area (TPSA) is 35.2 Å². The van der Waals surface area contributed by atoms with Crippen LogP contribution in [0.3, 0.4) is 0 Å². The van der Waals surface area contributed by atoms with Crippen molar-refractivity contribution in [3.63, 3.8) is 0 Å². The van der Waals surface area contributed by atoms with E-state index in [0.29, 0.717) is 5.92 Å². The van der Waals surface area contributed by atoms with Crippen LogP contribution in [0.2, 0.25) is 5.02 Å². The van der Waals surface area contributed by atoms with E-state index < -0.39 is 0 Å². The van der Waals surface area contributed by atoms with Gasteiger partial charge in [0, 0.05) is 0 Å². The van der Waals surface area contributed by atoms with E-state index in [1.54, 1.807) is 0 Å². The molecular formula is C12H16ClNO. The number of hydrogen-bond donors (Lipinski definition) is 1. The second-order valence-corrected chi connectivity index (χ2v) is 4.33. The van der Waals surface area contributed by atoms with Crippen molar-refractivity contribution < 1.29 is 4.74 Å². The molecule has 0 amide bonds. The highest BCUT2D eigenvalue weighted by Crippen LogP contribution is 2.39. The van der Waals surface area contributed by atoms with Gasteiger partial charge in [-0.2, -0.15) is 0 Å². The fourth-order valence-electron chi connectivity index (χ4n) is 2.16. The van der Waals surface area contributed by atoms with Gasteiger partial charge < -0.3 is 10.5 Å². The van der Waals surface area contributed by atoms with Crippen molar-refractivity contribution >= 4 is 11.6 Å². The molecular weight excluding hydrogens is 210 g/mol. The van der Waals surface area contributed by atoms with Crippen molar-refractivity contribution in [2.45, 2.75) is 25.2 Å². The zero-order valence-electron chi connectivity index (χ0n) is 8.71. The van der Waals surface area contributed by atoms with Crippen LogP contribution in [0.5, 0.6) is 5.75 Å². The molecule has 0 spiro atoms. The minimum absolute atomic E-state index is 0.506. The van der Waals surface area contributed by atoms with Gasteiger partial charge in [-0.25, -0.2) is 0 Å². The van der Waals surface area contributed by atoms with Crippen molar-refractivity contribution in [3.05, 3.63) is 28.8 Å². The molecule has 1 unspecified atom stereocenters. The van der Waals surface area contributed by atoms with E-state index >= 15 is 0 Å². The van der Waals surface area contributed by atoms with Gasteiger partial charge in [0.1, 0.15) is 5.75 Å². The zero-order chi connectivity index (χ0) is 10.7. The molecule has 15 heavy (non-hydrogen) atoms. The number of para-hydroxylation sites is 1. The van der Waals surface area contributed by atoms with Gasteiger partial charge >= 0.3 is 0 Å². The van der Waals surface area contributed by atoms with Gasteiger partial charge in [-0.15, -0.1) is 0 Å². The highest BCUT2D eigenvalue weighted by Gasteiger charge is 2.20. The molecule has 2 N–H and O–H groups in total. The van der Waals surface area contributed by atoms with E-state index in [0.717, 1.165) is 43.2 Å². The normalized spacial score (nSPS) is 20.3. The first kappa shape index (κ1) is 10.8. The SMILES string of the molecule is NCCC1CCCOc2c(Cl)cccc21. The van der Waals surface area contributed by atoms with Gasteiger partial charge in [0.05, 0.1) is 11.6 Å². The maximum absolute atomic E-state index is 6.12. The average molecular weight is 226 g/mol. The van der Waals surface area contributed by atoms with Crippen LogP contribution < -0.4 is 10.5 Å². The molecule has 0 fully saturated rings. The quantitative estimate of drug-likeness (QED) is 0.840. The molecule has 82 valence electrons. The summed E-state index contributed by atoms with van der Waals surface area (Å²) < 4.78 is 5.68. The van der Waals surface area contributed by atoms with Gasteiger partial charge in [0.15, 0.2) is 0 Å². The molecule has 2 nitrogen and oxygen atoms in total. The molecule has 0 aromatic heterocycles. The van der Waals surface area contributed by atoms with Gasteiger partial charge in [-0.3, -0.25) is 0 Å². The lowest BCUT2D eigenvalue weighted by atomic mass is 9.91. The number of ether oxygens (including phenoxy) is 1. The number of hydrogen-bond acceptors (Lipinski definition) is 2. The Morgan fingerprint density at radius 1 is 1.47 bits per heavy atom. The van der Waals surface area contributed by atoms with E-state index in [2.05, 4.69) is 6.07 Å². The van der Waals surface area contributed by atoms with Crippen LogP contribution in [0.15, 0.2) is 18.2 Å². The summed E-state index contributed by atoms with van der Waals surface area (Å²) in [4.78, 5) is 0. The molecule has 2 rings (SSSR count). The first-order valence-electron chi connectivity index (χ1n) is 5.44. The van der Waals surface area contributed by atoms with Crippen LogP contribution in [-0.2, 0) is 0 Å². The van der Waals surface area contributed by atoms with Crippen LogP contribution in [0.25, 0.3) is 0 Å². The molecule has 0 bridgehead atoms. The van der Waals surface area contributed by atoms with E-state index in [4.69, 9.17) is 22.1 Å². The third kappa shape index (κ3) is 2.27. The number of benzene rings is 1. The maximum atomic E-state index is 6.12. The van der Waals surface area contributed by atoms with Crippen molar-refractivity contribution in [1.29, 1.82) is 0 Å². The first-order chi connectivity index (χ1) is 7.33. The summed E-state index contributed by atoms with van der Waals surface area (Å²) in [7, 11) is 0. The highest BCUT2D eigenvalue weighted by atomic mass is 35.5. The monoisotopic (exact) mass is 225 g/mol. The third-order valence-electron chi connectivity index (χ3n) is 2.90. The second kappa shape index (κ2) is 4.86. The fraction of sp³-hybridized carbons (Fsp3) is 0.500. The number of halogens is 1. The summed E-state index contributed by atoms with van der Waals surface area (Å²) in [6.45, 7) is 1.48. The molecule has 0 radical (unpaired) electrons. The number of rotatable bonds is 2. The van der Waals surface area contributed by atoms with Crippen LogP contribution in [0.4, 0.5) is 0 Å². The van der Waals surface area contributed by atoms with Crippen LogP contribution in [0.1, 0.15) is 30.7 Å². The summed E-state index contributed by atoms with van der Waals surface area (Å²) in [5, 5.41) is 0.719. The Kier molecular flexibility index (Phi) is 3.49. The van der Waals surface area contributed by atoms with Crippen LogP contribution >= 0.6 is 11.6 Å². The second-order valence-electron chi connectivity index (χ2n) is 3.92. The maximum Gasteiger partial charge on any atom is 0.141 e. The van der Waals surface area contributed by atoms with E-state index in [9.17, 15) is 0 Å². The Balaban J connectivity index is 2.36. The Morgan fingerprint density at radius 3 is 3.13 bits per heavy atom. The molecule has 1 aliphatic heterocycles. The molecule has 1 aromatic carbocycles. The van der Waals surface area contributed by atoms with Crippen molar-refractivity contribution in [2.24, 2.45) is 5.73 Å². The van der Waals surface area contributed by atoms with E-state index in [1.807, 2.05) is 12.1 Å². The zero-order valence-corrected chi connectivity index (χ0v) is 9.46. The smallest absolute Gasteiger partial charge is 0.141 e. The Morgan fingerprint density at radius 2 is 2.33 bits per heavy atom. The minimum atomic E-state index is 0.506. The Bertz CT molecular complexity index is 340. The Labute approximate surface area is 95.4 Å². The fourth-order valence-corrected chi connectivity index (χ4v) is 2.40. The standard InChI is InChI=1S/C12H16ClNO/c13-11-5-1-4-10-9(6-7-14)3-2-8-15-12(10)11/h1,4-5,9H,2-3,6-8,14H2. The summed E-state index contributed by atoms with van der Waals surface area (Å²) in [6, 6.07) is 5.97. The van der Waals surface area contributed by atoms with Crippen LogP contribution in [-0.4, -0.2) is 13.2 Å². The lowest BCUT2D eigenvalue weighted by molar-refractivity contribution is 0.316. The predicted molar refractivity (Wildman–Crippen MR) is 62.6 cm³/mol. The molecule has 0 saturated carbocycles. The Hall–Kier alpha value is -0.730. The molecule has 0 saturated heterocycles. The molecule has 0 aliphatic carbocycles. The number of nitrogens with two attached hydrogens (primary N) is 1. The van der Waals surface area contributed by atoms with Gasteiger partial charge in [-0.1, -0.05) is 23.7 Å². The third-order valence-corrected chi connectivity index (χ3v) is 3.19. The van der Waals surface area contributed by atoms with Gasteiger partial charge in [-0.05, 0) is 43.4 Å². The number of fused-ring (bicyclic) bond motifs is 1. The van der Waals surface area contributed by atoms with Gasteiger partial charge in [0.2, 0.25) is 0 Å². The average Bonchev–Trinajstić information content (AvgIpc) is 2.43. The van der Waals surface area contributed by atoms with Gasteiger partial charge in [0.25, 0.3) is 0 Å². The molecule has 1 heterocycles. The van der Waals surface area contributed by atoms with E-state index in [1.165, 1.54) is 5.56 Å². The lowest BCUT2D eigenvalue weighted by Crippen LogP contribution is -2.07. The molecule has 1 aliphatic rings. The summed E-state index contributed by atoms with van der Waals surface area (Å²) in [6.07, 6.45) is 3.23. The molecule has 1 atom stereocenters. The summed E-state index contributed by atoms with van der Waals surface area (Å²) >= 11 is 6.12. The lowest BCUT2D eigenvalue weighted by Gasteiger charge is -2.16. The van der Waals surface area contributed by atoms with Crippen molar-refractivity contribution in [3.8, 4) is 5.75 Å². The summed E-state index contributed by atoms with van der Waals surface area (Å²) in [5.74, 6) is 1.38.